The van der Waals surface area contributed by atoms with E-state index in [2.05, 4.69) is 17.4 Å². The van der Waals surface area contributed by atoms with Gasteiger partial charge in [0.2, 0.25) is 0 Å². The molecule has 0 radical (unpaired) electrons. The maximum atomic E-state index is 12.0. The Morgan fingerprint density at radius 3 is 2.32 bits per heavy atom. The molecule has 0 saturated heterocycles. The van der Waals surface area contributed by atoms with Crippen molar-refractivity contribution in [2.75, 3.05) is 12.3 Å². The SMILES string of the molecule is CC(C)(CCc1ccccc1)NCCSC(F)(F)F. The van der Waals surface area contributed by atoms with Crippen LogP contribution in [0, 0.1) is 0 Å². The maximum absolute atomic E-state index is 12.0. The van der Waals surface area contributed by atoms with Gasteiger partial charge in [0.1, 0.15) is 0 Å². The lowest BCUT2D eigenvalue weighted by atomic mass is 9.95. The van der Waals surface area contributed by atoms with Crippen LogP contribution in [0.1, 0.15) is 25.8 Å². The molecule has 19 heavy (non-hydrogen) atoms. The van der Waals surface area contributed by atoms with E-state index < -0.39 is 5.51 Å². The molecular weight excluding hydrogens is 271 g/mol. The van der Waals surface area contributed by atoms with Gasteiger partial charge >= 0.3 is 5.51 Å². The first-order chi connectivity index (χ1) is 8.79. The highest BCUT2D eigenvalue weighted by Gasteiger charge is 2.27. The minimum atomic E-state index is -4.13. The van der Waals surface area contributed by atoms with Crippen LogP contribution >= 0.6 is 11.8 Å². The molecule has 0 bridgehead atoms. The molecule has 1 nitrogen and oxygen atoms in total. The lowest BCUT2D eigenvalue weighted by Crippen LogP contribution is -2.41. The second-order valence-corrected chi connectivity index (χ2v) is 6.25. The van der Waals surface area contributed by atoms with Gasteiger partial charge in [-0.1, -0.05) is 30.3 Å². The zero-order chi connectivity index (χ0) is 14.4. The van der Waals surface area contributed by atoms with Crippen LogP contribution in [-0.4, -0.2) is 23.3 Å². The Kier molecular flexibility index (Phi) is 6.20. The summed E-state index contributed by atoms with van der Waals surface area (Å²) in [5.41, 5.74) is -3.03. The zero-order valence-corrected chi connectivity index (χ0v) is 12.1. The summed E-state index contributed by atoms with van der Waals surface area (Å²) in [7, 11) is 0. The molecule has 5 heteroatoms. The van der Waals surface area contributed by atoms with Gasteiger partial charge in [-0.2, -0.15) is 13.2 Å². The summed E-state index contributed by atoms with van der Waals surface area (Å²) in [5, 5.41) is 3.18. The van der Waals surface area contributed by atoms with Crippen LogP contribution < -0.4 is 5.32 Å². The summed E-state index contributed by atoms with van der Waals surface area (Å²) >= 11 is 0.0262. The second kappa shape index (κ2) is 7.20. The van der Waals surface area contributed by atoms with E-state index in [0.29, 0.717) is 6.54 Å². The van der Waals surface area contributed by atoms with Gasteiger partial charge in [0.15, 0.2) is 0 Å². The number of hydrogen-bond acceptors (Lipinski definition) is 2. The minimum Gasteiger partial charge on any atom is -0.311 e. The largest absolute Gasteiger partial charge is 0.441 e. The number of thioether (sulfide) groups is 1. The average Bonchev–Trinajstić information content (AvgIpc) is 2.33. The molecular formula is C14H20F3NS. The predicted octanol–water partition coefficient (Wildman–Crippen LogP) is 4.24. The third-order valence-corrected chi connectivity index (χ3v) is 3.59. The van der Waals surface area contributed by atoms with Crippen molar-refractivity contribution in [1.29, 1.82) is 0 Å². The lowest BCUT2D eigenvalue weighted by molar-refractivity contribution is -0.0327. The third-order valence-electron chi connectivity index (χ3n) is 2.85. The summed E-state index contributed by atoms with van der Waals surface area (Å²) in [4.78, 5) is 0. The summed E-state index contributed by atoms with van der Waals surface area (Å²) < 4.78 is 35.9. The minimum absolute atomic E-state index is 0.0262. The number of nitrogens with one attached hydrogen (secondary N) is 1. The second-order valence-electron chi connectivity index (χ2n) is 5.09. The van der Waals surface area contributed by atoms with Crippen LogP contribution in [0.4, 0.5) is 13.2 Å². The van der Waals surface area contributed by atoms with Crippen molar-refractivity contribution < 1.29 is 13.2 Å². The topological polar surface area (TPSA) is 12.0 Å². The van der Waals surface area contributed by atoms with Gasteiger partial charge in [0.25, 0.3) is 0 Å². The molecule has 0 atom stereocenters. The molecule has 0 amide bonds. The van der Waals surface area contributed by atoms with Gasteiger partial charge in [-0.3, -0.25) is 0 Å². The van der Waals surface area contributed by atoms with E-state index in [1.165, 1.54) is 5.56 Å². The summed E-state index contributed by atoms with van der Waals surface area (Å²) in [6, 6.07) is 10.1. The van der Waals surface area contributed by atoms with Crippen LogP contribution in [0.5, 0.6) is 0 Å². The quantitative estimate of drug-likeness (QED) is 0.754. The summed E-state index contributed by atoms with van der Waals surface area (Å²) in [6.45, 7) is 4.41. The Morgan fingerprint density at radius 1 is 1.11 bits per heavy atom. The molecule has 0 aromatic heterocycles. The molecule has 108 valence electrons. The highest BCUT2D eigenvalue weighted by molar-refractivity contribution is 8.00. The third kappa shape index (κ3) is 8.16. The number of benzene rings is 1. The Hall–Kier alpha value is -0.680. The number of halogens is 3. The van der Waals surface area contributed by atoms with Crippen molar-refractivity contribution in [3.8, 4) is 0 Å². The van der Waals surface area contributed by atoms with Crippen LogP contribution in [0.15, 0.2) is 30.3 Å². The van der Waals surface area contributed by atoms with Gasteiger partial charge in [-0.25, -0.2) is 0 Å². The van der Waals surface area contributed by atoms with E-state index in [0.717, 1.165) is 12.8 Å². The van der Waals surface area contributed by atoms with Crippen molar-refractivity contribution in [2.45, 2.75) is 37.7 Å². The average molecular weight is 291 g/mol. The van der Waals surface area contributed by atoms with Gasteiger partial charge < -0.3 is 5.32 Å². The van der Waals surface area contributed by atoms with E-state index in [1.807, 2.05) is 32.0 Å². The predicted molar refractivity (Wildman–Crippen MR) is 75.4 cm³/mol. The van der Waals surface area contributed by atoms with Crippen molar-refractivity contribution in [1.82, 2.24) is 5.32 Å². The molecule has 0 aliphatic carbocycles. The maximum Gasteiger partial charge on any atom is 0.441 e. The first-order valence-electron chi connectivity index (χ1n) is 6.28. The highest BCUT2D eigenvalue weighted by atomic mass is 32.2. The van der Waals surface area contributed by atoms with Crippen LogP contribution in [-0.2, 0) is 6.42 Å². The van der Waals surface area contributed by atoms with Crippen molar-refractivity contribution in [3.63, 3.8) is 0 Å². The standard InChI is InChI=1S/C14H20F3NS/c1-13(2,18-10-11-19-14(15,16)17)9-8-12-6-4-3-5-7-12/h3-7,18H,8-11H2,1-2H3. The highest BCUT2D eigenvalue weighted by Crippen LogP contribution is 2.29. The molecule has 0 heterocycles. The van der Waals surface area contributed by atoms with E-state index in [1.54, 1.807) is 0 Å². The fourth-order valence-corrected chi connectivity index (χ4v) is 2.18. The van der Waals surface area contributed by atoms with E-state index in [4.69, 9.17) is 0 Å². The molecule has 0 unspecified atom stereocenters. The normalized spacial score (nSPS) is 12.7. The number of rotatable bonds is 7. The Labute approximate surface area is 117 Å². The Balaban J connectivity index is 2.24. The van der Waals surface area contributed by atoms with Gasteiger partial charge in [0, 0.05) is 17.8 Å². The van der Waals surface area contributed by atoms with E-state index in [-0.39, 0.29) is 23.1 Å². The van der Waals surface area contributed by atoms with Crippen molar-refractivity contribution in [3.05, 3.63) is 35.9 Å². The monoisotopic (exact) mass is 291 g/mol. The fourth-order valence-electron chi connectivity index (χ4n) is 1.75. The molecule has 0 aliphatic rings. The first-order valence-corrected chi connectivity index (χ1v) is 7.27. The first kappa shape index (κ1) is 16.4. The molecule has 1 aromatic carbocycles. The molecule has 0 spiro atoms. The van der Waals surface area contributed by atoms with Crippen LogP contribution in [0.2, 0.25) is 0 Å². The summed E-state index contributed by atoms with van der Waals surface area (Å²) in [6.07, 6.45) is 1.82. The van der Waals surface area contributed by atoms with Gasteiger partial charge in [-0.15, -0.1) is 0 Å². The van der Waals surface area contributed by atoms with Crippen molar-refractivity contribution in [2.24, 2.45) is 0 Å². The van der Waals surface area contributed by atoms with Crippen LogP contribution in [0.3, 0.4) is 0 Å². The molecule has 0 fully saturated rings. The number of aryl methyl sites for hydroxylation is 1. The molecule has 1 aromatic rings. The van der Waals surface area contributed by atoms with Crippen molar-refractivity contribution >= 4 is 11.8 Å². The Morgan fingerprint density at radius 2 is 1.74 bits per heavy atom. The molecule has 1 N–H and O–H groups in total. The smallest absolute Gasteiger partial charge is 0.311 e. The molecule has 0 saturated carbocycles. The van der Waals surface area contributed by atoms with Gasteiger partial charge in [0.05, 0.1) is 0 Å². The van der Waals surface area contributed by atoms with Crippen LogP contribution in [0.25, 0.3) is 0 Å². The number of alkyl halides is 3. The van der Waals surface area contributed by atoms with Gasteiger partial charge in [-0.05, 0) is 44.0 Å². The van der Waals surface area contributed by atoms with E-state index in [9.17, 15) is 13.2 Å². The molecule has 1 rings (SSSR count). The van der Waals surface area contributed by atoms with E-state index >= 15 is 0 Å². The number of hydrogen-bond donors (Lipinski definition) is 1. The molecule has 0 aliphatic heterocycles. The fraction of sp³-hybridized carbons (Fsp3) is 0.571. The Bertz CT molecular complexity index is 363. The lowest BCUT2D eigenvalue weighted by Gasteiger charge is -2.26. The summed E-state index contributed by atoms with van der Waals surface area (Å²) in [5.74, 6) is 0.0538. The zero-order valence-electron chi connectivity index (χ0n) is 11.3.